The molecule has 0 bridgehead atoms. The van der Waals surface area contributed by atoms with Gasteiger partial charge in [-0.05, 0) is 31.7 Å². The molecule has 96 valence electrons. The number of aryl methyl sites for hydroxylation is 2. The van der Waals surface area contributed by atoms with Crippen molar-refractivity contribution in [2.75, 3.05) is 6.54 Å². The minimum Gasteiger partial charge on any atom is -0.312 e. The molecule has 2 unspecified atom stereocenters. The lowest BCUT2D eigenvalue weighted by Gasteiger charge is -2.15. The van der Waals surface area contributed by atoms with Crippen molar-refractivity contribution in [3.63, 3.8) is 0 Å². The first-order valence-electron chi connectivity index (χ1n) is 6.48. The lowest BCUT2D eigenvalue weighted by Crippen LogP contribution is -2.24. The summed E-state index contributed by atoms with van der Waals surface area (Å²) in [5, 5.41) is 8.61. The van der Waals surface area contributed by atoms with Gasteiger partial charge in [0.25, 0.3) is 0 Å². The number of rotatable bonds is 4. The van der Waals surface area contributed by atoms with Crippen LogP contribution in [-0.4, -0.2) is 16.3 Å². The number of aromatic nitrogens is 2. The quantitative estimate of drug-likeness (QED) is 0.897. The van der Waals surface area contributed by atoms with E-state index in [1.54, 1.807) is 4.68 Å². The molecule has 17 heavy (non-hydrogen) atoms. The zero-order chi connectivity index (χ0) is 12.4. The summed E-state index contributed by atoms with van der Waals surface area (Å²) in [7, 11) is 1.89. The fourth-order valence-corrected chi connectivity index (χ4v) is 3.02. The van der Waals surface area contributed by atoms with Gasteiger partial charge in [0.2, 0.25) is 0 Å². The van der Waals surface area contributed by atoms with Gasteiger partial charge < -0.3 is 5.32 Å². The Balaban J connectivity index is 1.85. The van der Waals surface area contributed by atoms with Crippen molar-refractivity contribution < 1.29 is 0 Å². The highest BCUT2D eigenvalue weighted by Gasteiger charge is 2.22. The Hall–Kier alpha value is -0.540. The van der Waals surface area contributed by atoms with Crippen LogP contribution in [0.1, 0.15) is 37.4 Å². The third kappa shape index (κ3) is 2.83. The van der Waals surface area contributed by atoms with Crippen molar-refractivity contribution in [3.8, 4) is 0 Å². The summed E-state index contributed by atoms with van der Waals surface area (Å²) < 4.78 is 1.74. The highest BCUT2D eigenvalue weighted by molar-refractivity contribution is 6.30. The van der Waals surface area contributed by atoms with E-state index in [2.05, 4.69) is 17.3 Å². The molecule has 1 aliphatic carbocycles. The van der Waals surface area contributed by atoms with Crippen molar-refractivity contribution in [1.82, 2.24) is 15.1 Å². The van der Waals surface area contributed by atoms with Crippen molar-refractivity contribution in [2.24, 2.45) is 18.9 Å². The first-order chi connectivity index (χ1) is 8.09. The number of hydrogen-bond donors (Lipinski definition) is 1. The van der Waals surface area contributed by atoms with Crippen LogP contribution >= 0.6 is 11.6 Å². The average Bonchev–Trinajstić information content (AvgIpc) is 2.78. The molecular formula is C13H22ClN3. The molecule has 0 radical (unpaired) electrons. The van der Waals surface area contributed by atoms with Crippen LogP contribution in [0.25, 0.3) is 0 Å². The van der Waals surface area contributed by atoms with Gasteiger partial charge in [0, 0.05) is 19.2 Å². The Morgan fingerprint density at radius 2 is 2.24 bits per heavy atom. The van der Waals surface area contributed by atoms with E-state index in [9.17, 15) is 0 Å². The SMILES string of the molecule is Cc1nn(C)c(Cl)c1CNCC1CCCC1C. The van der Waals surface area contributed by atoms with E-state index >= 15 is 0 Å². The number of hydrogen-bond acceptors (Lipinski definition) is 2. The molecule has 1 saturated carbocycles. The third-order valence-corrected chi connectivity index (χ3v) is 4.49. The minimum atomic E-state index is 0.759. The van der Waals surface area contributed by atoms with Crippen LogP contribution in [0.3, 0.4) is 0 Å². The first-order valence-corrected chi connectivity index (χ1v) is 6.86. The van der Waals surface area contributed by atoms with Crippen LogP contribution in [0.15, 0.2) is 0 Å². The predicted octanol–water partition coefficient (Wildman–Crippen LogP) is 2.91. The zero-order valence-electron chi connectivity index (χ0n) is 11.0. The van der Waals surface area contributed by atoms with Gasteiger partial charge in [-0.2, -0.15) is 5.10 Å². The molecule has 3 nitrogen and oxygen atoms in total. The highest BCUT2D eigenvalue weighted by Crippen LogP contribution is 2.30. The van der Waals surface area contributed by atoms with Gasteiger partial charge in [-0.3, -0.25) is 4.68 Å². The molecule has 0 amide bonds. The summed E-state index contributed by atoms with van der Waals surface area (Å²) in [5.41, 5.74) is 2.17. The second kappa shape index (κ2) is 5.40. The first kappa shape index (κ1) is 12.9. The Morgan fingerprint density at radius 1 is 1.47 bits per heavy atom. The normalized spacial score (nSPS) is 24.5. The van der Waals surface area contributed by atoms with Crippen molar-refractivity contribution in [3.05, 3.63) is 16.4 Å². The smallest absolute Gasteiger partial charge is 0.131 e. The van der Waals surface area contributed by atoms with Gasteiger partial charge in [-0.25, -0.2) is 0 Å². The van der Waals surface area contributed by atoms with Crippen LogP contribution in [0.5, 0.6) is 0 Å². The summed E-state index contributed by atoms with van der Waals surface area (Å²) in [6.07, 6.45) is 4.15. The molecule has 1 aromatic heterocycles. The predicted molar refractivity (Wildman–Crippen MR) is 71.2 cm³/mol. The van der Waals surface area contributed by atoms with Crippen LogP contribution in [0.2, 0.25) is 5.15 Å². The third-order valence-electron chi connectivity index (χ3n) is 4.02. The zero-order valence-corrected chi connectivity index (χ0v) is 11.7. The standard InChI is InChI=1S/C13H22ClN3/c1-9-5-4-6-11(9)7-15-8-12-10(2)16-17(3)13(12)14/h9,11,15H,4-8H2,1-3H3. The summed E-state index contributed by atoms with van der Waals surface area (Å²) in [4.78, 5) is 0. The summed E-state index contributed by atoms with van der Waals surface area (Å²) in [6.45, 7) is 6.32. The van der Waals surface area contributed by atoms with Crippen molar-refractivity contribution in [2.45, 2.75) is 39.7 Å². The average molecular weight is 256 g/mol. The molecule has 2 rings (SSSR count). The minimum absolute atomic E-state index is 0.759. The maximum absolute atomic E-state index is 6.20. The van der Waals surface area contributed by atoms with Gasteiger partial charge in [0.05, 0.1) is 5.69 Å². The van der Waals surface area contributed by atoms with Crippen LogP contribution in [0, 0.1) is 18.8 Å². The molecule has 0 saturated heterocycles. The van der Waals surface area contributed by atoms with E-state index in [0.29, 0.717) is 0 Å². The van der Waals surface area contributed by atoms with E-state index in [1.165, 1.54) is 19.3 Å². The summed E-state index contributed by atoms with van der Waals surface area (Å²) >= 11 is 6.20. The fourth-order valence-electron chi connectivity index (χ4n) is 2.78. The molecule has 1 heterocycles. The molecular weight excluding hydrogens is 234 g/mol. The molecule has 1 aliphatic rings. The van der Waals surface area contributed by atoms with Crippen molar-refractivity contribution >= 4 is 11.6 Å². The maximum atomic E-state index is 6.20. The second-order valence-electron chi connectivity index (χ2n) is 5.28. The Morgan fingerprint density at radius 3 is 2.76 bits per heavy atom. The molecule has 0 spiro atoms. The van der Waals surface area contributed by atoms with Crippen LogP contribution in [0.4, 0.5) is 0 Å². The molecule has 0 aliphatic heterocycles. The van der Waals surface area contributed by atoms with Gasteiger partial charge in [-0.15, -0.1) is 0 Å². The van der Waals surface area contributed by atoms with E-state index in [-0.39, 0.29) is 0 Å². The lowest BCUT2D eigenvalue weighted by atomic mass is 9.98. The number of halogens is 1. The van der Waals surface area contributed by atoms with E-state index < -0.39 is 0 Å². The van der Waals surface area contributed by atoms with E-state index in [0.717, 1.165) is 41.3 Å². The monoisotopic (exact) mass is 255 g/mol. The molecule has 4 heteroatoms. The summed E-state index contributed by atoms with van der Waals surface area (Å²) in [5.74, 6) is 1.71. The van der Waals surface area contributed by atoms with Gasteiger partial charge in [0.1, 0.15) is 5.15 Å². The largest absolute Gasteiger partial charge is 0.312 e. The topological polar surface area (TPSA) is 29.9 Å². The maximum Gasteiger partial charge on any atom is 0.131 e. The van der Waals surface area contributed by atoms with Crippen LogP contribution < -0.4 is 5.32 Å². The molecule has 1 fully saturated rings. The Labute approximate surface area is 109 Å². The summed E-state index contributed by atoms with van der Waals surface area (Å²) in [6, 6.07) is 0. The Kier molecular flexibility index (Phi) is 4.10. The van der Waals surface area contributed by atoms with Crippen molar-refractivity contribution in [1.29, 1.82) is 0 Å². The lowest BCUT2D eigenvalue weighted by molar-refractivity contribution is 0.392. The second-order valence-corrected chi connectivity index (χ2v) is 5.64. The molecule has 2 atom stereocenters. The number of nitrogens with one attached hydrogen (secondary N) is 1. The molecule has 0 aromatic carbocycles. The highest BCUT2D eigenvalue weighted by atomic mass is 35.5. The fraction of sp³-hybridized carbons (Fsp3) is 0.769. The van der Waals surface area contributed by atoms with Gasteiger partial charge in [0.15, 0.2) is 0 Å². The Bertz CT molecular complexity index is 386. The van der Waals surface area contributed by atoms with E-state index in [1.807, 2.05) is 14.0 Å². The number of nitrogens with zero attached hydrogens (tertiary/aromatic N) is 2. The van der Waals surface area contributed by atoms with Gasteiger partial charge >= 0.3 is 0 Å². The molecule has 1 N–H and O–H groups in total. The van der Waals surface area contributed by atoms with E-state index in [4.69, 9.17) is 11.6 Å². The van der Waals surface area contributed by atoms with Crippen LogP contribution in [-0.2, 0) is 13.6 Å². The molecule has 1 aromatic rings. The van der Waals surface area contributed by atoms with Gasteiger partial charge in [-0.1, -0.05) is 31.4 Å².